The fourth-order valence-electron chi connectivity index (χ4n) is 2.70. The van der Waals surface area contributed by atoms with Crippen molar-refractivity contribution in [2.75, 3.05) is 5.32 Å². The van der Waals surface area contributed by atoms with Crippen LogP contribution in [0.2, 0.25) is 5.02 Å². The zero-order valence-corrected chi connectivity index (χ0v) is 14.7. The van der Waals surface area contributed by atoms with Crippen molar-refractivity contribution >= 4 is 45.7 Å². The van der Waals surface area contributed by atoms with E-state index in [2.05, 4.69) is 5.32 Å². The van der Waals surface area contributed by atoms with Crippen molar-refractivity contribution in [3.05, 3.63) is 89.0 Å². The number of nitrogens with one attached hydrogen (secondary N) is 1. The fourth-order valence-corrected chi connectivity index (χ4v) is 2.88. The highest BCUT2D eigenvalue weighted by Gasteiger charge is 2.17. The van der Waals surface area contributed by atoms with Crippen LogP contribution in [0, 0.1) is 0 Å². The number of rotatable bonds is 5. The summed E-state index contributed by atoms with van der Waals surface area (Å²) in [7, 11) is 0. The Morgan fingerprint density at radius 3 is 2.41 bits per heavy atom. The molecule has 0 atom stereocenters. The molecular weight excluding hydrogens is 366 g/mol. The first-order chi connectivity index (χ1) is 13.0. The quantitative estimate of drug-likeness (QED) is 0.511. The molecule has 0 aliphatic heterocycles. The number of fused-ring (bicyclic) bond motifs is 1. The number of carbonyl (C=O) groups excluding carboxylic acids is 2. The molecular formula is C21H14ClNO4. The lowest BCUT2D eigenvalue weighted by molar-refractivity contribution is -0.131. The van der Waals surface area contributed by atoms with Crippen LogP contribution in [-0.2, 0) is 9.59 Å². The second kappa shape index (κ2) is 7.85. The zero-order valence-electron chi connectivity index (χ0n) is 14.0. The monoisotopic (exact) mass is 379 g/mol. The Kier molecular flexibility index (Phi) is 5.33. The third kappa shape index (κ3) is 4.22. The van der Waals surface area contributed by atoms with Gasteiger partial charge in [0.05, 0.1) is 5.69 Å². The first kappa shape index (κ1) is 18.4. The summed E-state index contributed by atoms with van der Waals surface area (Å²) >= 11 is 6.05. The number of hydrogen-bond acceptors (Lipinski definition) is 3. The number of halogens is 1. The Labute approximate surface area is 159 Å². The first-order valence-electron chi connectivity index (χ1n) is 8.00. The maximum Gasteiger partial charge on any atom is 0.328 e. The minimum absolute atomic E-state index is 0.218. The minimum atomic E-state index is -1.24. The fraction of sp³-hybridized carbons (Fsp3) is 0. The van der Waals surface area contributed by atoms with Crippen LogP contribution in [0.25, 0.3) is 10.8 Å². The van der Waals surface area contributed by atoms with Crippen molar-refractivity contribution in [1.82, 2.24) is 0 Å². The third-order valence-electron chi connectivity index (χ3n) is 3.90. The van der Waals surface area contributed by atoms with E-state index in [4.69, 9.17) is 16.7 Å². The van der Waals surface area contributed by atoms with E-state index in [1.165, 1.54) is 18.2 Å². The van der Waals surface area contributed by atoms with Gasteiger partial charge in [-0.15, -0.1) is 0 Å². The summed E-state index contributed by atoms with van der Waals surface area (Å²) in [5, 5.41) is 13.2. The van der Waals surface area contributed by atoms with Gasteiger partial charge in [0.25, 0.3) is 0 Å². The van der Waals surface area contributed by atoms with Crippen molar-refractivity contribution in [2.24, 2.45) is 0 Å². The molecule has 0 saturated carbocycles. The summed E-state index contributed by atoms with van der Waals surface area (Å²) in [6, 6.07) is 17.4. The van der Waals surface area contributed by atoms with Gasteiger partial charge < -0.3 is 10.4 Å². The number of hydrogen-bond donors (Lipinski definition) is 2. The molecule has 3 aromatic carbocycles. The summed E-state index contributed by atoms with van der Waals surface area (Å²) in [6.07, 6.45) is 1.60. The van der Waals surface area contributed by atoms with E-state index in [1.807, 2.05) is 30.3 Å². The highest BCUT2D eigenvalue weighted by Crippen LogP contribution is 2.27. The number of carbonyl (C=O) groups is 3. The highest BCUT2D eigenvalue weighted by atomic mass is 35.5. The Morgan fingerprint density at radius 1 is 0.889 bits per heavy atom. The van der Waals surface area contributed by atoms with E-state index in [0.717, 1.165) is 22.9 Å². The van der Waals surface area contributed by atoms with Gasteiger partial charge in [-0.3, -0.25) is 9.59 Å². The summed E-state index contributed by atoms with van der Waals surface area (Å²) in [4.78, 5) is 35.6. The van der Waals surface area contributed by atoms with Gasteiger partial charge in [-0.25, -0.2) is 4.79 Å². The molecule has 3 rings (SSSR count). The molecule has 0 aliphatic rings. The smallest absolute Gasteiger partial charge is 0.328 e. The molecule has 6 heteroatoms. The van der Waals surface area contributed by atoms with Crippen LogP contribution in [0.15, 0.2) is 72.8 Å². The molecule has 134 valence electrons. The first-order valence-corrected chi connectivity index (χ1v) is 8.37. The number of carboxylic acid groups (broad SMARTS) is 1. The molecule has 0 aliphatic carbocycles. The van der Waals surface area contributed by atoms with Crippen LogP contribution < -0.4 is 5.32 Å². The predicted octanol–water partition coefficient (Wildman–Crippen LogP) is 4.30. The number of benzene rings is 3. The van der Waals surface area contributed by atoms with Crippen molar-refractivity contribution in [3.63, 3.8) is 0 Å². The second-order valence-electron chi connectivity index (χ2n) is 5.71. The van der Waals surface area contributed by atoms with Gasteiger partial charge in [-0.2, -0.15) is 0 Å². The van der Waals surface area contributed by atoms with E-state index in [9.17, 15) is 14.4 Å². The van der Waals surface area contributed by atoms with E-state index in [1.54, 1.807) is 12.1 Å². The lowest BCUT2D eigenvalue weighted by Gasteiger charge is -2.11. The van der Waals surface area contributed by atoms with Crippen molar-refractivity contribution in [3.8, 4) is 0 Å². The molecule has 0 bridgehead atoms. The second-order valence-corrected chi connectivity index (χ2v) is 6.14. The van der Waals surface area contributed by atoms with Gasteiger partial charge in [0.1, 0.15) is 0 Å². The SMILES string of the molecule is O=C(O)/C=C/C(=O)Nc1ccc(Cl)cc1C(=O)c1cccc2ccccc12. The molecule has 0 radical (unpaired) electrons. The third-order valence-corrected chi connectivity index (χ3v) is 4.13. The minimum Gasteiger partial charge on any atom is -0.478 e. The molecule has 0 unspecified atom stereocenters. The maximum atomic E-state index is 13.2. The zero-order chi connectivity index (χ0) is 19.4. The Morgan fingerprint density at radius 2 is 1.63 bits per heavy atom. The predicted molar refractivity (Wildman–Crippen MR) is 104 cm³/mol. The van der Waals surface area contributed by atoms with E-state index < -0.39 is 11.9 Å². The number of carboxylic acids is 1. The van der Waals surface area contributed by atoms with Gasteiger partial charge in [-0.05, 0) is 29.0 Å². The van der Waals surface area contributed by atoms with E-state index in [0.29, 0.717) is 10.6 Å². The molecule has 0 heterocycles. The van der Waals surface area contributed by atoms with Crippen LogP contribution in [0.5, 0.6) is 0 Å². The van der Waals surface area contributed by atoms with Crippen LogP contribution in [0.4, 0.5) is 5.69 Å². The Balaban J connectivity index is 2.03. The van der Waals surface area contributed by atoms with Gasteiger partial charge in [-0.1, -0.05) is 54.1 Å². The van der Waals surface area contributed by atoms with Crippen LogP contribution in [-0.4, -0.2) is 22.8 Å². The molecule has 2 N–H and O–H groups in total. The number of ketones is 1. The average molecular weight is 380 g/mol. The standard InChI is InChI=1S/C21H14ClNO4/c22-14-8-9-18(23-19(24)10-11-20(25)26)17(12-14)21(27)16-7-3-5-13-4-1-2-6-15(13)16/h1-12H,(H,23,24)(H,25,26)/b11-10+. The van der Waals surface area contributed by atoms with Crippen molar-refractivity contribution in [1.29, 1.82) is 0 Å². The number of anilines is 1. The van der Waals surface area contributed by atoms with Crippen molar-refractivity contribution < 1.29 is 19.5 Å². The molecule has 1 amide bonds. The van der Waals surface area contributed by atoms with Crippen LogP contribution >= 0.6 is 11.6 Å². The molecule has 3 aromatic rings. The summed E-state index contributed by atoms with van der Waals surface area (Å²) in [6.45, 7) is 0. The van der Waals surface area contributed by atoms with Gasteiger partial charge in [0.15, 0.2) is 5.78 Å². The highest BCUT2D eigenvalue weighted by molar-refractivity contribution is 6.31. The molecule has 5 nitrogen and oxygen atoms in total. The van der Waals surface area contributed by atoms with Gasteiger partial charge >= 0.3 is 5.97 Å². The lowest BCUT2D eigenvalue weighted by Crippen LogP contribution is -2.13. The van der Waals surface area contributed by atoms with E-state index in [-0.39, 0.29) is 17.0 Å². The summed E-state index contributed by atoms with van der Waals surface area (Å²) in [5.41, 5.74) is 0.945. The molecule has 27 heavy (non-hydrogen) atoms. The summed E-state index contributed by atoms with van der Waals surface area (Å²) in [5.74, 6) is -2.20. The Hall–Kier alpha value is -3.44. The number of aliphatic carboxylic acids is 1. The maximum absolute atomic E-state index is 13.2. The largest absolute Gasteiger partial charge is 0.478 e. The Bertz CT molecular complexity index is 1080. The lowest BCUT2D eigenvalue weighted by atomic mass is 9.96. The molecule has 0 fully saturated rings. The van der Waals surface area contributed by atoms with Gasteiger partial charge in [0, 0.05) is 28.3 Å². The van der Waals surface area contributed by atoms with Crippen LogP contribution in [0.3, 0.4) is 0 Å². The van der Waals surface area contributed by atoms with Crippen LogP contribution in [0.1, 0.15) is 15.9 Å². The molecule has 0 spiro atoms. The van der Waals surface area contributed by atoms with E-state index >= 15 is 0 Å². The normalized spacial score (nSPS) is 10.9. The molecule has 0 aromatic heterocycles. The molecule has 0 saturated heterocycles. The summed E-state index contributed by atoms with van der Waals surface area (Å²) < 4.78 is 0. The average Bonchev–Trinajstić information content (AvgIpc) is 2.66. The van der Waals surface area contributed by atoms with Crippen molar-refractivity contribution in [2.45, 2.75) is 0 Å². The topological polar surface area (TPSA) is 83.5 Å². The van der Waals surface area contributed by atoms with Gasteiger partial charge in [0.2, 0.25) is 5.91 Å². The number of amides is 1.